The zero-order chi connectivity index (χ0) is 12.3. The molecule has 0 atom stereocenters. The van der Waals surface area contributed by atoms with E-state index in [1.807, 2.05) is 26.0 Å². The predicted molar refractivity (Wildman–Crippen MR) is 73.0 cm³/mol. The van der Waals surface area contributed by atoms with Crippen molar-refractivity contribution >= 4 is 28.8 Å². The molecule has 0 aliphatic rings. The van der Waals surface area contributed by atoms with Gasteiger partial charge in [-0.1, -0.05) is 11.6 Å². The van der Waals surface area contributed by atoms with Crippen molar-refractivity contribution in [3.05, 3.63) is 38.9 Å². The van der Waals surface area contributed by atoms with Crippen molar-refractivity contribution < 1.29 is 0 Å². The molecule has 0 fully saturated rings. The fraction of sp³-hybridized carbons (Fsp3) is 0.333. The summed E-state index contributed by atoms with van der Waals surface area (Å²) in [5.41, 5.74) is 0.985. The fourth-order valence-electron chi connectivity index (χ4n) is 1.61. The first kappa shape index (κ1) is 12.3. The van der Waals surface area contributed by atoms with Gasteiger partial charge in [0.2, 0.25) is 0 Å². The third kappa shape index (κ3) is 3.68. The van der Waals surface area contributed by atoms with Gasteiger partial charge in [0.25, 0.3) is 0 Å². The van der Waals surface area contributed by atoms with Crippen LogP contribution < -0.4 is 5.32 Å². The van der Waals surface area contributed by atoms with Gasteiger partial charge in [-0.2, -0.15) is 0 Å². The highest BCUT2D eigenvalue weighted by Crippen LogP contribution is 2.21. The molecule has 0 unspecified atom stereocenters. The van der Waals surface area contributed by atoms with Crippen molar-refractivity contribution in [1.82, 2.24) is 9.97 Å². The maximum absolute atomic E-state index is 5.88. The van der Waals surface area contributed by atoms with Crippen LogP contribution in [-0.4, -0.2) is 16.5 Å². The van der Waals surface area contributed by atoms with Crippen molar-refractivity contribution in [2.75, 3.05) is 11.9 Å². The minimum Gasteiger partial charge on any atom is -0.370 e. The van der Waals surface area contributed by atoms with E-state index in [2.05, 4.69) is 21.4 Å². The summed E-state index contributed by atoms with van der Waals surface area (Å²) in [4.78, 5) is 9.85. The maximum Gasteiger partial charge on any atom is 0.129 e. The molecule has 2 heterocycles. The molecule has 2 rings (SSSR count). The number of nitrogens with zero attached hydrogens (tertiary/aromatic N) is 2. The zero-order valence-electron chi connectivity index (χ0n) is 9.83. The van der Waals surface area contributed by atoms with E-state index in [9.17, 15) is 0 Å². The monoisotopic (exact) mass is 267 g/mol. The molecular formula is C12H14ClN3S. The molecule has 0 aliphatic heterocycles. The van der Waals surface area contributed by atoms with Crippen molar-refractivity contribution in [1.29, 1.82) is 0 Å². The SMILES string of the molecule is Cc1cc(NCCc2ccc(Cl)s2)nc(C)n1. The molecule has 0 saturated heterocycles. The van der Waals surface area contributed by atoms with Crippen LogP contribution in [0.2, 0.25) is 4.34 Å². The number of hydrogen-bond donors (Lipinski definition) is 1. The van der Waals surface area contributed by atoms with Crippen LogP contribution in [0.3, 0.4) is 0 Å². The molecule has 0 aromatic carbocycles. The summed E-state index contributed by atoms with van der Waals surface area (Å²) in [5.74, 6) is 1.68. The normalized spacial score (nSPS) is 10.5. The molecule has 2 aromatic rings. The Labute approximate surface area is 110 Å². The van der Waals surface area contributed by atoms with Gasteiger partial charge in [-0.15, -0.1) is 11.3 Å². The van der Waals surface area contributed by atoms with Gasteiger partial charge >= 0.3 is 0 Å². The van der Waals surface area contributed by atoms with Gasteiger partial charge in [-0.25, -0.2) is 9.97 Å². The van der Waals surface area contributed by atoms with E-state index in [1.165, 1.54) is 4.88 Å². The molecular weight excluding hydrogens is 254 g/mol. The van der Waals surface area contributed by atoms with Crippen LogP contribution in [0.15, 0.2) is 18.2 Å². The average Bonchev–Trinajstić information content (AvgIpc) is 2.63. The molecule has 90 valence electrons. The van der Waals surface area contributed by atoms with E-state index in [0.29, 0.717) is 0 Å². The molecule has 0 bridgehead atoms. The molecule has 0 spiro atoms. The van der Waals surface area contributed by atoms with Crippen molar-refractivity contribution in [2.45, 2.75) is 20.3 Å². The summed E-state index contributed by atoms with van der Waals surface area (Å²) in [7, 11) is 0. The third-order valence-corrected chi connectivity index (χ3v) is 3.56. The third-order valence-electron chi connectivity index (χ3n) is 2.27. The predicted octanol–water partition coefficient (Wildman–Crippen LogP) is 3.46. The highest BCUT2D eigenvalue weighted by molar-refractivity contribution is 7.16. The largest absolute Gasteiger partial charge is 0.370 e. The number of hydrogen-bond acceptors (Lipinski definition) is 4. The van der Waals surface area contributed by atoms with Crippen LogP contribution in [0.5, 0.6) is 0 Å². The van der Waals surface area contributed by atoms with Gasteiger partial charge < -0.3 is 5.32 Å². The van der Waals surface area contributed by atoms with Gasteiger partial charge in [-0.3, -0.25) is 0 Å². The van der Waals surface area contributed by atoms with E-state index < -0.39 is 0 Å². The van der Waals surface area contributed by atoms with Crippen LogP contribution in [0.1, 0.15) is 16.4 Å². The molecule has 5 heteroatoms. The first-order valence-corrected chi connectivity index (χ1v) is 6.63. The number of aromatic nitrogens is 2. The minimum absolute atomic E-state index is 0.798. The van der Waals surface area contributed by atoms with E-state index in [4.69, 9.17) is 11.6 Å². The van der Waals surface area contributed by atoms with Gasteiger partial charge in [0.05, 0.1) is 4.34 Å². The molecule has 0 aliphatic carbocycles. The van der Waals surface area contributed by atoms with Crippen molar-refractivity contribution in [3.8, 4) is 0 Å². The molecule has 2 aromatic heterocycles. The molecule has 1 N–H and O–H groups in total. The molecule has 0 saturated carbocycles. The van der Waals surface area contributed by atoms with Gasteiger partial charge in [0.1, 0.15) is 11.6 Å². The van der Waals surface area contributed by atoms with E-state index in [1.54, 1.807) is 11.3 Å². The van der Waals surface area contributed by atoms with Crippen molar-refractivity contribution in [2.24, 2.45) is 0 Å². The Morgan fingerprint density at radius 1 is 1.29 bits per heavy atom. The second-order valence-corrected chi connectivity index (χ2v) is 5.62. The molecule has 0 radical (unpaired) electrons. The number of thiophene rings is 1. The number of rotatable bonds is 4. The van der Waals surface area contributed by atoms with E-state index in [-0.39, 0.29) is 0 Å². The molecule has 3 nitrogen and oxygen atoms in total. The summed E-state index contributed by atoms with van der Waals surface area (Å²) in [6.07, 6.45) is 0.958. The highest BCUT2D eigenvalue weighted by Gasteiger charge is 2.00. The zero-order valence-corrected chi connectivity index (χ0v) is 11.4. The maximum atomic E-state index is 5.88. The second kappa shape index (κ2) is 5.47. The van der Waals surface area contributed by atoms with E-state index in [0.717, 1.165) is 34.6 Å². The van der Waals surface area contributed by atoms with Gasteiger partial charge in [-0.05, 0) is 32.4 Å². The Balaban J connectivity index is 1.89. The lowest BCUT2D eigenvalue weighted by molar-refractivity contribution is 0.975. The topological polar surface area (TPSA) is 37.8 Å². The van der Waals surface area contributed by atoms with Gasteiger partial charge in [0.15, 0.2) is 0 Å². The lowest BCUT2D eigenvalue weighted by Crippen LogP contribution is -2.07. The van der Waals surface area contributed by atoms with E-state index >= 15 is 0 Å². The summed E-state index contributed by atoms with van der Waals surface area (Å²) in [6.45, 7) is 4.73. The summed E-state index contributed by atoms with van der Waals surface area (Å²) in [5, 5.41) is 3.30. The fourth-order valence-corrected chi connectivity index (χ4v) is 2.69. The van der Waals surface area contributed by atoms with Crippen molar-refractivity contribution in [3.63, 3.8) is 0 Å². The summed E-state index contributed by atoms with van der Waals surface area (Å²) >= 11 is 7.50. The molecule has 17 heavy (non-hydrogen) atoms. The number of halogens is 1. The summed E-state index contributed by atoms with van der Waals surface area (Å²) in [6, 6.07) is 5.94. The van der Waals surface area contributed by atoms with Crippen LogP contribution in [0, 0.1) is 13.8 Å². The van der Waals surface area contributed by atoms with Crippen LogP contribution in [-0.2, 0) is 6.42 Å². The number of nitrogens with one attached hydrogen (secondary N) is 1. The quantitative estimate of drug-likeness (QED) is 0.922. The lowest BCUT2D eigenvalue weighted by atomic mass is 10.3. The standard InChI is InChI=1S/C12H14ClN3S/c1-8-7-12(16-9(2)15-8)14-6-5-10-3-4-11(13)17-10/h3-4,7H,5-6H2,1-2H3,(H,14,15,16). The number of anilines is 1. The highest BCUT2D eigenvalue weighted by atomic mass is 35.5. The smallest absolute Gasteiger partial charge is 0.129 e. The van der Waals surface area contributed by atoms with Gasteiger partial charge in [0, 0.05) is 23.2 Å². The minimum atomic E-state index is 0.798. The Hall–Kier alpha value is -1.13. The summed E-state index contributed by atoms with van der Waals surface area (Å²) < 4.78 is 0.841. The first-order valence-electron chi connectivity index (χ1n) is 5.44. The Morgan fingerprint density at radius 2 is 2.12 bits per heavy atom. The Bertz CT molecular complexity index is 490. The van der Waals surface area contributed by atoms with Crippen LogP contribution >= 0.6 is 22.9 Å². The van der Waals surface area contributed by atoms with Crippen LogP contribution in [0.4, 0.5) is 5.82 Å². The Morgan fingerprint density at radius 3 is 2.76 bits per heavy atom. The van der Waals surface area contributed by atoms with Crippen LogP contribution in [0.25, 0.3) is 0 Å². The lowest BCUT2D eigenvalue weighted by Gasteiger charge is -2.06. The molecule has 0 amide bonds. The Kier molecular flexibility index (Phi) is 3.97. The average molecular weight is 268 g/mol. The number of aryl methyl sites for hydroxylation is 2. The second-order valence-electron chi connectivity index (χ2n) is 3.82. The first-order chi connectivity index (χ1) is 8.13.